The van der Waals surface area contributed by atoms with Gasteiger partial charge in [0.2, 0.25) is 0 Å². The van der Waals surface area contributed by atoms with Crippen LogP contribution >= 0.6 is 39.1 Å². The summed E-state index contributed by atoms with van der Waals surface area (Å²) in [6, 6.07) is 15.9. The van der Waals surface area contributed by atoms with Gasteiger partial charge in [0.25, 0.3) is 15.9 Å². The molecule has 0 aliphatic rings. The number of carbonyl (C=O) groups is 1. The predicted octanol–water partition coefficient (Wildman–Crippen LogP) is 6.02. The molecule has 33 heavy (non-hydrogen) atoms. The van der Waals surface area contributed by atoms with E-state index >= 15 is 0 Å². The summed E-state index contributed by atoms with van der Waals surface area (Å²) in [5.74, 6) is -0.778. The predicted molar refractivity (Wildman–Crippen MR) is 134 cm³/mol. The van der Waals surface area contributed by atoms with Gasteiger partial charge in [-0.25, -0.2) is 12.4 Å². The van der Waals surface area contributed by atoms with Gasteiger partial charge in [-0.3, -0.25) is 4.79 Å². The summed E-state index contributed by atoms with van der Waals surface area (Å²) in [6.07, 6.45) is 0. The summed E-state index contributed by atoms with van der Waals surface area (Å²) in [5, 5.41) is 11.4. The van der Waals surface area contributed by atoms with Gasteiger partial charge in [0, 0.05) is 40.1 Å². The Morgan fingerprint density at radius 2 is 1.76 bits per heavy atom. The highest BCUT2D eigenvalue weighted by Crippen LogP contribution is 2.39. The number of amides is 1. The fourth-order valence-electron chi connectivity index (χ4n) is 3.53. The average Bonchev–Trinajstić information content (AvgIpc) is 3.15. The summed E-state index contributed by atoms with van der Waals surface area (Å²) in [7, 11) is -1.05. The second-order valence-electron chi connectivity index (χ2n) is 7.52. The highest BCUT2D eigenvalue weighted by Gasteiger charge is 2.28. The van der Waals surface area contributed by atoms with E-state index in [9.17, 15) is 18.3 Å². The van der Waals surface area contributed by atoms with Crippen molar-refractivity contribution in [1.82, 2.24) is 8.87 Å². The third-order valence-electron chi connectivity index (χ3n) is 5.04. The van der Waals surface area contributed by atoms with Crippen molar-refractivity contribution in [2.75, 3.05) is 14.1 Å². The fraction of sp³-hybridized carbons (Fsp3) is 0.0870. The molecule has 1 aromatic heterocycles. The first kappa shape index (κ1) is 23.6. The Kier molecular flexibility index (Phi) is 6.22. The van der Waals surface area contributed by atoms with Crippen molar-refractivity contribution in [1.29, 1.82) is 0 Å². The van der Waals surface area contributed by atoms with Crippen molar-refractivity contribution in [2.45, 2.75) is 4.90 Å². The lowest BCUT2D eigenvalue weighted by atomic mass is 10.1. The van der Waals surface area contributed by atoms with Gasteiger partial charge in [-0.05, 0) is 48.5 Å². The van der Waals surface area contributed by atoms with Gasteiger partial charge in [0.05, 0.1) is 16.2 Å². The number of benzene rings is 3. The van der Waals surface area contributed by atoms with Crippen LogP contribution in [0, 0.1) is 0 Å². The molecule has 170 valence electrons. The quantitative estimate of drug-likeness (QED) is 0.327. The molecule has 0 saturated carbocycles. The van der Waals surface area contributed by atoms with Crippen LogP contribution in [-0.2, 0) is 10.0 Å². The molecule has 0 aliphatic carbocycles. The lowest BCUT2D eigenvalue weighted by Gasteiger charge is -2.15. The van der Waals surface area contributed by atoms with Gasteiger partial charge in [0.1, 0.15) is 4.90 Å². The number of aromatic nitrogens is 1. The van der Waals surface area contributed by atoms with E-state index in [1.165, 1.54) is 17.0 Å². The van der Waals surface area contributed by atoms with Gasteiger partial charge in [0.15, 0.2) is 5.75 Å². The molecule has 4 aromatic rings. The number of carbonyl (C=O) groups excluding carboxylic acids is 1. The van der Waals surface area contributed by atoms with Gasteiger partial charge in [-0.15, -0.1) is 0 Å². The van der Waals surface area contributed by atoms with Crippen molar-refractivity contribution in [2.24, 2.45) is 0 Å². The molecule has 0 spiro atoms. The number of hydrogen-bond acceptors (Lipinski definition) is 4. The third-order valence-corrected chi connectivity index (χ3v) is 7.76. The number of nitrogens with zero attached hydrogens (tertiary/aromatic N) is 2. The summed E-state index contributed by atoms with van der Waals surface area (Å²) in [4.78, 5) is 13.6. The van der Waals surface area contributed by atoms with Crippen LogP contribution in [0.25, 0.3) is 22.2 Å². The first-order valence-corrected chi connectivity index (χ1v) is 12.6. The first-order chi connectivity index (χ1) is 15.5. The molecular weight excluding hydrogens is 551 g/mol. The molecule has 0 unspecified atom stereocenters. The highest BCUT2D eigenvalue weighted by molar-refractivity contribution is 9.10. The van der Waals surface area contributed by atoms with Gasteiger partial charge < -0.3 is 10.0 Å². The van der Waals surface area contributed by atoms with Crippen LogP contribution in [0.4, 0.5) is 0 Å². The number of hydrogen-bond donors (Lipinski definition) is 1. The Bertz CT molecular complexity index is 1530. The van der Waals surface area contributed by atoms with Crippen LogP contribution in [0.5, 0.6) is 5.75 Å². The zero-order valence-corrected chi connectivity index (χ0v) is 21.3. The van der Waals surface area contributed by atoms with E-state index in [1.807, 2.05) is 0 Å². The number of phenols is 1. The van der Waals surface area contributed by atoms with Gasteiger partial charge >= 0.3 is 0 Å². The van der Waals surface area contributed by atoms with Crippen LogP contribution < -0.4 is 0 Å². The molecule has 0 bridgehead atoms. The monoisotopic (exact) mass is 566 g/mol. The Hall–Kier alpha value is -2.52. The number of phenolic OH excluding ortho intramolecular Hbond substituents is 1. The standard InChI is InChI=1S/C23H17BrCl2N2O4S/c1-27(2)23(30)14-5-3-4-13(8-14)20-10-15-9-17(25)6-7-19(15)28(20)33(31,32)21-12-16(24)11-18(26)22(21)29/h3-12,29H,1-2H3. The molecular formula is C23H17BrCl2N2O4S. The average molecular weight is 568 g/mol. The molecule has 10 heteroatoms. The SMILES string of the molecule is CN(C)C(=O)c1cccc(-c2cc3cc(Cl)ccc3n2S(=O)(=O)c2cc(Br)cc(Cl)c2O)c1. The second-order valence-corrected chi connectivity index (χ2v) is 11.0. The zero-order valence-electron chi connectivity index (χ0n) is 17.4. The van der Waals surface area contributed by atoms with E-state index in [-0.39, 0.29) is 15.8 Å². The summed E-state index contributed by atoms with van der Waals surface area (Å²) >= 11 is 15.4. The maximum atomic E-state index is 13.9. The molecule has 4 rings (SSSR count). The molecule has 1 heterocycles. The highest BCUT2D eigenvalue weighted by atomic mass is 79.9. The van der Waals surface area contributed by atoms with E-state index in [4.69, 9.17) is 23.2 Å². The van der Waals surface area contributed by atoms with Crippen molar-refractivity contribution in [3.63, 3.8) is 0 Å². The maximum Gasteiger partial charge on any atom is 0.272 e. The molecule has 0 aliphatic heterocycles. The van der Waals surface area contributed by atoms with E-state index in [0.29, 0.717) is 37.2 Å². The van der Waals surface area contributed by atoms with E-state index in [1.54, 1.807) is 62.6 Å². The molecule has 0 atom stereocenters. The zero-order chi connectivity index (χ0) is 24.1. The maximum absolute atomic E-state index is 13.9. The van der Waals surface area contributed by atoms with Gasteiger partial charge in [-0.1, -0.05) is 51.3 Å². The van der Waals surface area contributed by atoms with Crippen LogP contribution in [0.1, 0.15) is 10.4 Å². The lowest BCUT2D eigenvalue weighted by Crippen LogP contribution is -2.21. The van der Waals surface area contributed by atoms with Crippen molar-refractivity contribution >= 4 is 66.0 Å². The van der Waals surface area contributed by atoms with Crippen LogP contribution in [0.15, 0.2) is 70.0 Å². The van der Waals surface area contributed by atoms with E-state index in [0.717, 1.165) is 3.97 Å². The summed E-state index contributed by atoms with van der Waals surface area (Å²) in [5.41, 5.74) is 1.56. The molecule has 0 radical (unpaired) electrons. The molecule has 3 aromatic carbocycles. The largest absolute Gasteiger partial charge is 0.505 e. The molecule has 1 amide bonds. The van der Waals surface area contributed by atoms with Crippen molar-refractivity contribution in [3.8, 4) is 17.0 Å². The Morgan fingerprint density at radius 1 is 1.03 bits per heavy atom. The first-order valence-electron chi connectivity index (χ1n) is 9.57. The van der Waals surface area contributed by atoms with Crippen LogP contribution in [0.3, 0.4) is 0 Å². The number of aromatic hydroxyl groups is 1. The van der Waals surface area contributed by atoms with Gasteiger partial charge in [-0.2, -0.15) is 0 Å². The van der Waals surface area contributed by atoms with Crippen molar-refractivity contribution < 1.29 is 18.3 Å². The Labute approximate surface area is 209 Å². The van der Waals surface area contributed by atoms with E-state index < -0.39 is 15.8 Å². The number of halogens is 3. The fourth-order valence-corrected chi connectivity index (χ4v) is 6.39. The van der Waals surface area contributed by atoms with Crippen LogP contribution in [-0.4, -0.2) is 42.4 Å². The molecule has 1 N–H and O–H groups in total. The Balaban J connectivity index is 2.05. The number of fused-ring (bicyclic) bond motifs is 1. The number of rotatable bonds is 4. The summed E-state index contributed by atoms with van der Waals surface area (Å²) < 4.78 is 29.2. The normalized spacial score (nSPS) is 11.7. The Morgan fingerprint density at radius 3 is 2.45 bits per heavy atom. The minimum Gasteiger partial charge on any atom is -0.505 e. The minimum atomic E-state index is -4.33. The summed E-state index contributed by atoms with van der Waals surface area (Å²) in [6.45, 7) is 0. The third kappa shape index (κ3) is 4.24. The lowest BCUT2D eigenvalue weighted by molar-refractivity contribution is 0.0827. The topological polar surface area (TPSA) is 79.6 Å². The molecule has 0 saturated heterocycles. The van der Waals surface area contributed by atoms with E-state index in [2.05, 4.69) is 15.9 Å². The second kappa shape index (κ2) is 8.68. The molecule has 6 nitrogen and oxygen atoms in total. The van der Waals surface area contributed by atoms with Crippen molar-refractivity contribution in [3.05, 3.63) is 80.7 Å². The molecule has 0 fully saturated rings. The minimum absolute atomic E-state index is 0.109. The smallest absolute Gasteiger partial charge is 0.272 e. The van der Waals surface area contributed by atoms with Crippen LogP contribution in [0.2, 0.25) is 10.0 Å².